The first-order valence-electron chi connectivity index (χ1n) is 7.67. The van der Waals surface area contributed by atoms with E-state index in [2.05, 4.69) is 28.4 Å². The van der Waals surface area contributed by atoms with Crippen molar-refractivity contribution in [2.75, 3.05) is 29.9 Å². The molecule has 1 aromatic carbocycles. The van der Waals surface area contributed by atoms with E-state index < -0.39 is 0 Å². The van der Waals surface area contributed by atoms with Gasteiger partial charge in [-0.05, 0) is 43.7 Å². The number of para-hydroxylation sites is 1. The molecule has 2 aliphatic heterocycles. The molecule has 1 aliphatic carbocycles. The van der Waals surface area contributed by atoms with Crippen LogP contribution < -0.4 is 10.2 Å². The normalized spacial score (nSPS) is 29.6. The number of nitrogens with one attached hydrogen (secondary N) is 1. The first-order chi connectivity index (χ1) is 9.43. The van der Waals surface area contributed by atoms with Crippen LogP contribution in [0.4, 0.5) is 11.4 Å². The van der Waals surface area contributed by atoms with Gasteiger partial charge < -0.3 is 15.0 Å². The average molecular weight is 258 g/mol. The maximum absolute atomic E-state index is 5.94. The quantitative estimate of drug-likeness (QED) is 0.838. The molecule has 1 N–H and O–H groups in total. The van der Waals surface area contributed by atoms with Gasteiger partial charge in [0, 0.05) is 13.1 Å². The Morgan fingerprint density at radius 2 is 2.21 bits per heavy atom. The summed E-state index contributed by atoms with van der Waals surface area (Å²) in [6, 6.07) is 7.39. The van der Waals surface area contributed by atoms with Gasteiger partial charge >= 0.3 is 0 Å². The maximum atomic E-state index is 5.94. The van der Waals surface area contributed by atoms with E-state index in [0.29, 0.717) is 12.1 Å². The van der Waals surface area contributed by atoms with Crippen molar-refractivity contribution in [2.24, 2.45) is 0 Å². The Bertz CT molecular complexity index is 474. The molecule has 1 saturated heterocycles. The van der Waals surface area contributed by atoms with Crippen molar-refractivity contribution in [1.29, 1.82) is 0 Å². The monoisotopic (exact) mass is 258 g/mol. The number of hydrogen-bond acceptors (Lipinski definition) is 3. The number of rotatable bonds is 1. The minimum Gasteiger partial charge on any atom is -0.383 e. The molecule has 0 aromatic heterocycles. The van der Waals surface area contributed by atoms with E-state index in [-0.39, 0.29) is 0 Å². The number of aryl methyl sites for hydroxylation is 1. The summed E-state index contributed by atoms with van der Waals surface area (Å²) in [6.07, 6.45) is 6.78. The number of nitrogens with zero attached hydrogens (tertiary/aromatic N) is 1. The number of hydrogen-bond donors (Lipinski definition) is 1. The fourth-order valence-corrected chi connectivity index (χ4v) is 3.96. The van der Waals surface area contributed by atoms with Gasteiger partial charge in [-0.3, -0.25) is 0 Å². The van der Waals surface area contributed by atoms with E-state index in [4.69, 9.17) is 4.74 Å². The zero-order chi connectivity index (χ0) is 12.7. The lowest BCUT2D eigenvalue weighted by molar-refractivity contribution is 0.0257. The highest BCUT2D eigenvalue weighted by Gasteiger charge is 2.37. The van der Waals surface area contributed by atoms with Crippen LogP contribution in [0.3, 0.4) is 0 Å². The highest BCUT2D eigenvalue weighted by atomic mass is 16.5. The zero-order valence-electron chi connectivity index (χ0n) is 11.4. The Morgan fingerprint density at radius 1 is 1.21 bits per heavy atom. The zero-order valence-corrected chi connectivity index (χ0v) is 11.4. The van der Waals surface area contributed by atoms with Crippen molar-refractivity contribution in [3.05, 3.63) is 23.8 Å². The third kappa shape index (κ3) is 1.91. The van der Waals surface area contributed by atoms with E-state index in [0.717, 1.165) is 19.7 Å². The van der Waals surface area contributed by atoms with E-state index in [1.165, 1.54) is 49.0 Å². The van der Waals surface area contributed by atoms with Gasteiger partial charge in [-0.2, -0.15) is 0 Å². The third-order valence-corrected chi connectivity index (χ3v) is 4.84. The van der Waals surface area contributed by atoms with Crippen molar-refractivity contribution in [2.45, 2.75) is 44.2 Å². The van der Waals surface area contributed by atoms with Gasteiger partial charge in [0.1, 0.15) is 0 Å². The highest BCUT2D eigenvalue weighted by Crippen LogP contribution is 2.39. The Morgan fingerprint density at radius 3 is 3.21 bits per heavy atom. The second kappa shape index (κ2) is 4.71. The van der Waals surface area contributed by atoms with E-state index >= 15 is 0 Å². The van der Waals surface area contributed by atoms with Crippen molar-refractivity contribution < 1.29 is 4.74 Å². The minimum atomic E-state index is 0.466. The van der Waals surface area contributed by atoms with Crippen LogP contribution in [0.1, 0.15) is 31.2 Å². The molecule has 102 valence electrons. The van der Waals surface area contributed by atoms with Crippen molar-refractivity contribution in [3.8, 4) is 0 Å². The van der Waals surface area contributed by atoms with Gasteiger partial charge in [0.2, 0.25) is 0 Å². The van der Waals surface area contributed by atoms with Gasteiger partial charge in [-0.15, -0.1) is 0 Å². The first-order valence-corrected chi connectivity index (χ1v) is 7.67. The SMILES string of the molecule is c1cc2c(c(N3CCOC4CCCC43)c1)NCCC2. The lowest BCUT2D eigenvalue weighted by Gasteiger charge is -2.41. The molecule has 1 aromatic rings. The summed E-state index contributed by atoms with van der Waals surface area (Å²) in [5.41, 5.74) is 4.29. The van der Waals surface area contributed by atoms with Crippen molar-refractivity contribution in [1.82, 2.24) is 0 Å². The van der Waals surface area contributed by atoms with E-state index in [1.54, 1.807) is 0 Å². The van der Waals surface area contributed by atoms with Gasteiger partial charge in [0.05, 0.1) is 30.1 Å². The lowest BCUT2D eigenvalue weighted by Crippen LogP contribution is -2.49. The summed E-state index contributed by atoms with van der Waals surface area (Å²) in [4.78, 5) is 2.61. The molecule has 2 unspecified atom stereocenters. The number of ether oxygens (including phenoxy) is 1. The maximum Gasteiger partial charge on any atom is 0.0779 e. The molecule has 4 rings (SSSR count). The highest BCUT2D eigenvalue weighted by molar-refractivity contribution is 5.75. The molecule has 2 heterocycles. The Balaban J connectivity index is 1.71. The number of fused-ring (bicyclic) bond motifs is 2. The topological polar surface area (TPSA) is 24.5 Å². The molecule has 2 fully saturated rings. The van der Waals surface area contributed by atoms with Crippen LogP contribution in [0.15, 0.2) is 18.2 Å². The predicted molar refractivity (Wildman–Crippen MR) is 78.0 cm³/mol. The summed E-state index contributed by atoms with van der Waals surface area (Å²) < 4.78 is 5.94. The van der Waals surface area contributed by atoms with Crippen molar-refractivity contribution >= 4 is 11.4 Å². The standard InChI is InChI=1S/C16H22N2O/c1-4-12-5-3-9-17-16(12)14(7-1)18-10-11-19-15-8-2-6-13(15)18/h1,4,7,13,15,17H,2-3,5-6,8-11H2. The molecule has 2 atom stereocenters. The van der Waals surface area contributed by atoms with Gasteiger partial charge in [0.25, 0.3) is 0 Å². The summed E-state index contributed by atoms with van der Waals surface area (Å²) in [6.45, 7) is 3.03. The fourth-order valence-electron chi connectivity index (χ4n) is 3.96. The molecule has 19 heavy (non-hydrogen) atoms. The molecule has 0 spiro atoms. The Labute approximate surface area is 114 Å². The van der Waals surface area contributed by atoms with Gasteiger partial charge in [-0.25, -0.2) is 0 Å². The fraction of sp³-hybridized carbons (Fsp3) is 0.625. The number of morpholine rings is 1. The molecule has 0 amide bonds. The summed E-state index contributed by atoms with van der Waals surface area (Å²) in [7, 11) is 0. The van der Waals surface area contributed by atoms with Crippen LogP contribution in [0.25, 0.3) is 0 Å². The molecule has 3 heteroatoms. The number of benzene rings is 1. The molecule has 1 saturated carbocycles. The lowest BCUT2D eigenvalue weighted by atomic mass is 10.00. The van der Waals surface area contributed by atoms with Crippen LogP contribution in [0.5, 0.6) is 0 Å². The summed E-state index contributed by atoms with van der Waals surface area (Å²) in [5, 5.41) is 3.63. The summed E-state index contributed by atoms with van der Waals surface area (Å²) >= 11 is 0. The van der Waals surface area contributed by atoms with Crippen LogP contribution in [-0.4, -0.2) is 31.8 Å². The smallest absolute Gasteiger partial charge is 0.0779 e. The van der Waals surface area contributed by atoms with Crippen LogP contribution in [0.2, 0.25) is 0 Å². The second-order valence-electron chi connectivity index (χ2n) is 5.94. The Hall–Kier alpha value is -1.22. The summed E-state index contributed by atoms with van der Waals surface area (Å²) in [5.74, 6) is 0. The number of anilines is 2. The van der Waals surface area contributed by atoms with E-state index in [1.807, 2.05) is 0 Å². The van der Waals surface area contributed by atoms with Gasteiger partial charge in [-0.1, -0.05) is 12.1 Å². The first kappa shape index (κ1) is 11.6. The van der Waals surface area contributed by atoms with Crippen molar-refractivity contribution in [3.63, 3.8) is 0 Å². The second-order valence-corrected chi connectivity index (χ2v) is 5.94. The van der Waals surface area contributed by atoms with Crippen LogP contribution in [-0.2, 0) is 11.2 Å². The van der Waals surface area contributed by atoms with Crippen LogP contribution in [0, 0.1) is 0 Å². The minimum absolute atomic E-state index is 0.466. The molecule has 3 aliphatic rings. The largest absolute Gasteiger partial charge is 0.383 e. The molecular weight excluding hydrogens is 236 g/mol. The van der Waals surface area contributed by atoms with Gasteiger partial charge in [0.15, 0.2) is 0 Å². The Kier molecular flexibility index (Phi) is 2.87. The molecule has 0 bridgehead atoms. The predicted octanol–water partition coefficient (Wildman–Crippen LogP) is 2.80. The van der Waals surface area contributed by atoms with E-state index in [9.17, 15) is 0 Å². The molecular formula is C16H22N2O. The van der Waals surface area contributed by atoms with Crippen LogP contribution >= 0.6 is 0 Å². The molecule has 0 radical (unpaired) electrons. The average Bonchev–Trinajstić information content (AvgIpc) is 2.95. The molecule has 3 nitrogen and oxygen atoms in total. The third-order valence-electron chi connectivity index (χ3n) is 4.84.